The summed E-state index contributed by atoms with van der Waals surface area (Å²) in [4.78, 5) is 11.6. The molecule has 4 N–H and O–H groups in total. The Labute approximate surface area is 188 Å². The van der Waals surface area contributed by atoms with Gasteiger partial charge in [0, 0.05) is 18.0 Å². The van der Waals surface area contributed by atoms with Gasteiger partial charge in [-0.05, 0) is 42.2 Å². The van der Waals surface area contributed by atoms with Crippen molar-refractivity contribution >= 4 is 21.4 Å². The highest BCUT2D eigenvalue weighted by molar-refractivity contribution is 7.92. The summed E-state index contributed by atoms with van der Waals surface area (Å²) in [7, 11) is -3.61. The summed E-state index contributed by atoms with van der Waals surface area (Å²) in [5.41, 5.74) is 7.61. The molecule has 8 heteroatoms. The van der Waals surface area contributed by atoms with E-state index in [1.807, 2.05) is 24.3 Å². The van der Waals surface area contributed by atoms with E-state index < -0.39 is 32.3 Å². The van der Waals surface area contributed by atoms with Crippen molar-refractivity contribution in [2.75, 3.05) is 30.8 Å². The Morgan fingerprint density at radius 1 is 1.34 bits per heavy atom. The zero-order chi connectivity index (χ0) is 22.9. The van der Waals surface area contributed by atoms with E-state index in [2.05, 4.69) is 11.9 Å². The number of aryl methyl sites for hydroxylation is 1. The number of anilines is 1. The molecule has 1 amide bonds. The topological polar surface area (TPSA) is 119 Å². The number of primary amides is 1. The van der Waals surface area contributed by atoms with Crippen LogP contribution in [0.3, 0.4) is 0 Å². The lowest BCUT2D eigenvalue weighted by molar-refractivity contribution is 0.1000. The van der Waals surface area contributed by atoms with E-state index in [1.54, 1.807) is 18.2 Å². The van der Waals surface area contributed by atoms with Crippen molar-refractivity contribution in [2.45, 2.75) is 23.5 Å². The van der Waals surface area contributed by atoms with Crippen LogP contribution in [-0.4, -0.2) is 50.2 Å². The number of hydrogen-bond acceptors (Lipinski definition) is 6. The van der Waals surface area contributed by atoms with Gasteiger partial charge in [0.1, 0.15) is 12.4 Å². The molecule has 0 aromatic heterocycles. The largest absolute Gasteiger partial charge is 0.490 e. The highest BCUT2D eigenvalue weighted by Crippen LogP contribution is 2.45. The third-order valence-electron chi connectivity index (χ3n) is 6.64. The molecule has 0 saturated carbocycles. The second-order valence-corrected chi connectivity index (χ2v) is 10.8. The van der Waals surface area contributed by atoms with Crippen LogP contribution in [0.2, 0.25) is 0 Å². The van der Waals surface area contributed by atoms with Crippen molar-refractivity contribution in [1.29, 1.82) is 0 Å². The lowest BCUT2D eigenvalue weighted by Crippen LogP contribution is -2.55. The van der Waals surface area contributed by atoms with Crippen LogP contribution < -0.4 is 15.8 Å². The van der Waals surface area contributed by atoms with E-state index in [4.69, 9.17) is 10.5 Å². The molecule has 3 atom stereocenters. The van der Waals surface area contributed by atoms with Crippen LogP contribution in [0, 0.1) is 5.92 Å². The lowest BCUT2D eigenvalue weighted by atomic mass is 9.70. The maximum absolute atomic E-state index is 13.6. The molecule has 2 aromatic rings. The summed E-state index contributed by atoms with van der Waals surface area (Å²) in [5.74, 6) is -0.688. The van der Waals surface area contributed by atoms with Gasteiger partial charge < -0.3 is 20.9 Å². The predicted molar refractivity (Wildman–Crippen MR) is 124 cm³/mol. The standard InChI is InChI=1S/C24H28N2O5S/c1-2-16(12-27)13-32(29,30)22-10-8-17-5-3-4-6-19(17)24(22)14-26-20-11-18(23(25)28)7-9-21(20)31-15-24/h2-7,9,11,16,22,26-27H,1,8,10,12-15H2,(H2,25,28)/t16-,22?,24?/m1/s1. The molecular weight excluding hydrogens is 428 g/mol. The second-order valence-electron chi connectivity index (χ2n) is 8.57. The van der Waals surface area contributed by atoms with E-state index in [1.165, 1.54) is 6.08 Å². The van der Waals surface area contributed by atoms with Crippen LogP contribution in [0.5, 0.6) is 5.75 Å². The number of aliphatic hydroxyl groups is 1. The van der Waals surface area contributed by atoms with Gasteiger partial charge in [-0.25, -0.2) is 8.42 Å². The Morgan fingerprint density at radius 2 is 2.12 bits per heavy atom. The molecule has 1 aliphatic carbocycles. The van der Waals surface area contributed by atoms with Crippen LogP contribution in [0.4, 0.5) is 5.69 Å². The smallest absolute Gasteiger partial charge is 0.248 e. The Morgan fingerprint density at radius 3 is 2.84 bits per heavy atom. The minimum absolute atomic E-state index is 0.166. The highest BCUT2D eigenvalue weighted by atomic mass is 32.2. The number of sulfone groups is 1. The predicted octanol–water partition coefficient (Wildman–Crippen LogP) is 2.05. The average molecular weight is 457 g/mol. The van der Waals surface area contributed by atoms with Crippen LogP contribution in [0.15, 0.2) is 55.1 Å². The lowest BCUT2D eigenvalue weighted by Gasteiger charge is -2.44. The van der Waals surface area contributed by atoms with E-state index in [9.17, 15) is 18.3 Å². The number of amides is 1. The van der Waals surface area contributed by atoms with Crippen LogP contribution in [-0.2, 0) is 21.7 Å². The van der Waals surface area contributed by atoms with Crippen molar-refractivity contribution in [3.63, 3.8) is 0 Å². The van der Waals surface area contributed by atoms with Crippen molar-refractivity contribution in [1.82, 2.24) is 0 Å². The summed E-state index contributed by atoms with van der Waals surface area (Å²) in [5, 5.41) is 12.2. The van der Waals surface area contributed by atoms with Gasteiger partial charge in [0.25, 0.3) is 0 Å². The zero-order valence-corrected chi connectivity index (χ0v) is 18.6. The van der Waals surface area contributed by atoms with Crippen molar-refractivity contribution < 1.29 is 23.1 Å². The number of benzene rings is 2. The third kappa shape index (κ3) is 3.89. The maximum Gasteiger partial charge on any atom is 0.248 e. The minimum Gasteiger partial charge on any atom is -0.490 e. The summed E-state index contributed by atoms with van der Waals surface area (Å²) in [6.07, 6.45) is 2.60. The molecule has 1 aliphatic heterocycles. The molecule has 4 rings (SSSR count). The Balaban J connectivity index is 1.78. The Hall–Kier alpha value is -2.84. The molecular formula is C24H28N2O5S. The van der Waals surface area contributed by atoms with Gasteiger partial charge in [-0.3, -0.25) is 4.79 Å². The fraction of sp³-hybridized carbons (Fsp3) is 0.375. The monoisotopic (exact) mass is 456 g/mol. The fourth-order valence-electron chi connectivity index (χ4n) is 4.93. The molecule has 2 unspecified atom stereocenters. The van der Waals surface area contributed by atoms with E-state index in [0.717, 1.165) is 11.1 Å². The SMILES string of the molecule is C=C[C@H](CO)CS(=O)(=O)C1CCc2ccccc2C12CNc1cc(C(N)=O)ccc1OC2. The van der Waals surface area contributed by atoms with Gasteiger partial charge in [0.15, 0.2) is 9.84 Å². The number of ether oxygens (including phenoxy) is 1. The van der Waals surface area contributed by atoms with Crippen LogP contribution in [0.1, 0.15) is 27.9 Å². The zero-order valence-electron chi connectivity index (χ0n) is 17.8. The first-order valence-electron chi connectivity index (χ1n) is 10.6. The number of fused-ring (bicyclic) bond motifs is 3. The van der Waals surface area contributed by atoms with Gasteiger partial charge in [0.2, 0.25) is 5.91 Å². The molecule has 1 spiro atoms. The molecule has 170 valence electrons. The van der Waals surface area contributed by atoms with Crippen LogP contribution in [0.25, 0.3) is 0 Å². The summed E-state index contributed by atoms with van der Waals surface area (Å²) < 4.78 is 33.4. The number of carbonyl (C=O) groups is 1. The van der Waals surface area contributed by atoms with Crippen molar-refractivity contribution in [2.24, 2.45) is 11.7 Å². The van der Waals surface area contributed by atoms with Gasteiger partial charge >= 0.3 is 0 Å². The molecule has 0 bridgehead atoms. The van der Waals surface area contributed by atoms with E-state index in [-0.39, 0.29) is 19.0 Å². The van der Waals surface area contributed by atoms with E-state index in [0.29, 0.717) is 36.4 Å². The Kier molecular flexibility index (Phi) is 6.01. The van der Waals surface area contributed by atoms with Crippen molar-refractivity contribution in [3.05, 3.63) is 71.8 Å². The molecule has 0 radical (unpaired) electrons. The molecule has 2 aromatic carbocycles. The maximum atomic E-state index is 13.6. The summed E-state index contributed by atoms with van der Waals surface area (Å²) in [6.45, 7) is 3.89. The highest BCUT2D eigenvalue weighted by Gasteiger charge is 2.52. The molecule has 2 aliphatic rings. The first-order chi connectivity index (χ1) is 15.3. The van der Waals surface area contributed by atoms with Crippen LogP contribution >= 0.6 is 0 Å². The van der Waals surface area contributed by atoms with Gasteiger partial charge in [-0.15, -0.1) is 6.58 Å². The summed E-state index contributed by atoms with van der Waals surface area (Å²) in [6, 6.07) is 12.8. The molecule has 7 nitrogen and oxygen atoms in total. The first-order valence-corrected chi connectivity index (χ1v) is 12.4. The van der Waals surface area contributed by atoms with Crippen molar-refractivity contribution in [3.8, 4) is 5.75 Å². The second kappa shape index (κ2) is 8.60. The first kappa shape index (κ1) is 22.4. The quantitative estimate of drug-likeness (QED) is 0.573. The van der Waals surface area contributed by atoms with E-state index >= 15 is 0 Å². The van der Waals surface area contributed by atoms with Gasteiger partial charge in [-0.2, -0.15) is 0 Å². The van der Waals surface area contributed by atoms with Gasteiger partial charge in [0.05, 0.1) is 28.7 Å². The fourth-order valence-corrected chi connectivity index (χ4v) is 7.44. The number of carbonyl (C=O) groups excluding carboxylic acids is 1. The average Bonchev–Trinajstić information content (AvgIpc) is 2.98. The number of nitrogens with two attached hydrogens (primary N) is 1. The molecule has 1 heterocycles. The number of nitrogens with one attached hydrogen (secondary N) is 1. The minimum atomic E-state index is -3.61. The number of rotatable bonds is 6. The third-order valence-corrected chi connectivity index (χ3v) is 9.08. The molecule has 0 saturated heterocycles. The van der Waals surface area contributed by atoms with Gasteiger partial charge in [-0.1, -0.05) is 30.3 Å². The Bertz CT molecular complexity index is 1150. The number of hydrogen-bond donors (Lipinski definition) is 3. The number of aliphatic hydroxyl groups excluding tert-OH is 1. The molecule has 32 heavy (non-hydrogen) atoms. The normalized spacial score (nSPS) is 23.1. The molecule has 0 fully saturated rings. The summed E-state index contributed by atoms with van der Waals surface area (Å²) >= 11 is 0.